The molecule has 0 N–H and O–H groups in total. The molecule has 2 aromatic carbocycles. The lowest BCUT2D eigenvalue weighted by Gasteiger charge is -2.20. The van der Waals surface area contributed by atoms with Crippen LogP contribution >= 0.6 is 0 Å². The fourth-order valence-corrected chi connectivity index (χ4v) is 2.76. The molecule has 0 heterocycles. The second-order valence-corrected chi connectivity index (χ2v) is 6.30. The van der Waals surface area contributed by atoms with Crippen molar-refractivity contribution in [3.05, 3.63) is 64.7 Å². The molecule has 7 heteroatoms. The van der Waals surface area contributed by atoms with Gasteiger partial charge in [0.2, 0.25) is 11.8 Å². The fraction of sp³-hybridized carbons (Fsp3) is 0.217. The van der Waals surface area contributed by atoms with Gasteiger partial charge in [0.1, 0.15) is 6.61 Å². The van der Waals surface area contributed by atoms with E-state index in [1.165, 1.54) is 40.0 Å². The summed E-state index contributed by atoms with van der Waals surface area (Å²) in [5.74, 6) is 3.78. The summed E-state index contributed by atoms with van der Waals surface area (Å²) in [5, 5.41) is 0. The molecule has 0 aliphatic carbocycles. The van der Waals surface area contributed by atoms with Crippen molar-refractivity contribution in [2.24, 2.45) is 0 Å². The molecule has 0 aliphatic rings. The number of nitrogens with zero attached hydrogens (tertiary/aromatic N) is 1. The molecule has 0 unspecified atom stereocenters. The van der Waals surface area contributed by atoms with Crippen LogP contribution in [-0.2, 0) is 30.5 Å². The van der Waals surface area contributed by atoms with Crippen molar-refractivity contribution in [2.45, 2.75) is 27.4 Å². The Morgan fingerprint density at radius 3 is 2.20 bits per heavy atom. The molecule has 0 radical (unpaired) electrons. The molecule has 0 saturated carbocycles. The molecule has 2 amide bonds. The third-order valence-electron chi connectivity index (χ3n) is 4.02. The van der Waals surface area contributed by atoms with E-state index in [1.54, 1.807) is 30.3 Å². The molecule has 0 aromatic heterocycles. The molecule has 0 aliphatic heterocycles. The van der Waals surface area contributed by atoms with Gasteiger partial charge in [0.15, 0.2) is 0 Å². The summed E-state index contributed by atoms with van der Waals surface area (Å²) in [4.78, 5) is 48.3. The van der Waals surface area contributed by atoms with Crippen molar-refractivity contribution in [1.82, 2.24) is 0 Å². The molecule has 0 fully saturated rings. The number of hydrogen-bond acceptors (Lipinski definition) is 6. The van der Waals surface area contributed by atoms with Crippen LogP contribution in [0.25, 0.3) is 0 Å². The second kappa shape index (κ2) is 10.0. The molecule has 0 atom stereocenters. The normalized spacial score (nSPS) is 9.73. The van der Waals surface area contributed by atoms with Gasteiger partial charge in [-0.25, -0.2) is 9.69 Å². The molecule has 2 aromatic rings. The summed E-state index contributed by atoms with van der Waals surface area (Å²) in [6, 6.07) is 11.6. The van der Waals surface area contributed by atoms with Crippen LogP contribution in [0, 0.1) is 11.8 Å². The molecule has 7 nitrogen and oxygen atoms in total. The van der Waals surface area contributed by atoms with E-state index in [4.69, 9.17) is 9.47 Å². The number of hydrogen-bond donors (Lipinski definition) is 0. The Morgan fingerprint density at radius 1 is 0.933 bits per heavy atom. The highest BCUT2D eigenvalue weighted by Crippen LogP contribution is 2.25. The Hall–Kier alpha value is -3.92. The quantitative estimate of drug-likeness (QED) is 0.572. The summed E-state index contributed by atoms with van der Waals surface area (Å²) in [5.41, 5.74) is 1.86. The highest BCUT2D eigenvalue weighted by atomic mass is 16.5. The monoisotopic (exact) mass is 407 g/mol. The van der Waals surface area contributed by atoms with Crippen LogP contribution in [0.1, 0.15) is 47.8 Å². The van der Waals surface area contributed by atoms with Gasteiger partial charge in [-0.15, -0.1) is 0 Å². The van der Waals surface area contributed by atoms with Crippen LogP contribution in [0.5, 0.6) is 0 Å². The standard InChI is InChI=1S/C23H21NO6/c1-15(25)24(16(2)26)22-10-6-9-21(23(28)29-4)20(22)12-11-18-7-5-8-19(13-18)14-30-17(3)27/h5-10,13H,14H2,1-4H3. The predicted octanol–water partition coefficient (Wildman–Crippen LogP) is 2.84. The number of carbonyl (C=O) groups is 4. The van der Waals surface area contributed by atoms with Crippen LogP contribution < -0.4 is 4.90 Å². The summed E-state index contributed by atoms with van der Waals surface area (Å²) < 4.78 is 9.80. The van der Waals surface area contributed by atoms with Crippen molar-refractivity contribution in [3.63, 3.8) is 0 Å². The zero-order chi connectivity index (χ0) is 22.3. The number of benzene rings is 2. The topological polar surface area (TPSA) is 90.0 Å². The van der Waals surface area contributed by atoms with E-state index in [9.17, 15) is 19.2 Å². The van der Waals surface area contributed by atoms with E-state index in [0.717, 1.165) is 10.5 Å². The van der Waals surface area contributed by atoms with Crippen molar-refractivity contribution in [1.29, 1.82) is 0 Å². The van der Waals surface area contributed by atoms with Crippen LogP contribution in [0.3, 0.4) is 0 Å². The smallest absolute Gasteiger partial charge is 0.339 e. The van der Waals surface area contributed by atoms with E-state index in [2.05, 4.69) is 11.8 Å². The van der Waals surface area contributed by atoms with Crippen molar-refractivity contribution in [3.8, 4) is 11.8 Å². The van der Waals surface area contributed by atoms with Gasteiger partial charge in [0.05, 0.1) is 23.9 Å². The van der Waals surface area contributed by atoms with E-state index in [1.807, 2.05) is 0 Å². The summed E-state index contributed by atoms with van der Waals surface area (Å²) >= 11 is 0. The van der Waals surface area contributed by atoms with Gasteiger partial charge in [-0.1, -0.05) is 30.0 Å². The van der Waals surface area contributed by atoms with Gasteiger partial charge >= 0.3 is 11.9 Å². The minimum Gasteiger partial charge on any atom is -0.465 e. The molecular weight excluding hydrogens is 386 g/mol. The SMILES string of the molecule is COC(=O)c1cccc(N(C(C)=O)C(C)=O)c1C#Cc1cccc(COC(C)=O)c1. The summed E-state index contributed by atoms with van der Waals surface area (Å²) in [6.07, 6.45) is 0. The summed E-state index contributed by atoms with van der Waals surface area (Å²) in [7, 11) is 1.23. The Morgan fingerprint density at radius 2 is 1.60 bits per heavy atom. The van der Waals surface area contributed by atoms with Crippen LogP contribution in [-0.4, -0.2) is 30.9 Å². The maximum absolute atomic E-state index is 12.2. The molecule has 154 valence electrons. The largest absolute Gasteiger partial charge is 0.465 e. The minimum atomic E-state index is -0.642. The van der Waals surface area contributed by atoms with Gasteiger partial charge in [-0.2, -0.15) is 0 Å². The number of anilines is 1. The summed E-state index contributed by atoms with van der Waals surface area (Å²) in [6.45, 7) is 3.94. The fourth-order valence-electron chi connectivity index (χ4n) is 2.76. The Kier molecular flexibility index (Phi) is 7.48. The lowest BCUT2D eigenvalue weighted by atomic mass is 10.0. The molecule has 0 spiro atoms. The van der Waals surface area contributed by atoms with Crippen molar-refractivity contribution in [2.75, 3.05) is 12.0 Å². The number of ether oxygens (including phenoxy) is 2. The van der Waals surface area contributed by atoms with E-state index >= 15 is 0 Å². The van der Waals surface area contributed by atoms with Gasteiger partial charge < -0.3 is 9.47 Å². The number of imide groups is 1. The highest BCUT2D eigenvalue weighted by molar-refractivity contribution is 6.14. The van der Waals surface area contributed by atoms with Crippen molar-refractivity contribution >= 4 is 29.4 Å². The van der Waals surface area contributed by atoms with Crippen LogP contribution in [0.15, 0.2) is 42.5 Å². The Labute approximate surface area is 174 Å². The molecule has 0 bridgehead atoms. The van der Waals surface area contributed by atoms with Crippen LogP contribution in [0.2, 0.25) is 0 Å². The number of carbonyl (C=O) groups excluding carboxylic acids is 4. The first-order valence-electron chi connectivity index (χ1n) is 9.01. The molecule has 30 heavy (non-hydrogen) atoms. The maximum Gasteiger partial charge on any atom is 0.339 e. The van der Waals surface area contributed by atoms with E-state index < -0.39 is 23.8 Å². The van der Waals surface area contributed by atoms with Crippen LogP contribution in [0.4, 0.5) is 5.69 Å². The number of esters is 2. The van der Waals surface area contributed by atoms with Gasteiger partial charge in [0.25, 0.3) is 0 Å². The van der Waals surface area contributed by atoms with E-state index in [-0.39, 0.29) is 23.4 Å². The van der Waals surface area contributed by atoms with Gasteiger partial charge in [-0.05, 0) is 29.8 Å². The first-order valence-corrected chi connectivity index (χ1v) is 9.01. The van der Waals surface area contributed by atoms with E-state index in [0.29, 0.717) is 5.56 Å². The second-order valence-electron chi connectivity index (χ2n) is 6.30. The zero-order valence-electron chi connectivity index (χ0n) is 17.1. The number of rotatable bonds is 4. The first kappa shape index (κ1) is 22.4. The molecule has 2 rings (SSSR count). The zero-order valence-corrected chi connectivity index (χ0v) is 17.1. The Bertz CT molecular complexity index is 1050. The van der Waals surface area contributed by atoms with Crippen molar-refractivity contribution < 1.29 is 28.7 Å². The number of methoxy groups -OCH3 is 1. The lowest BCUT2D eigenvalue weighted by Crippen LogP contribution is -2.34. The highest BCUT2D eigenvalue weighted by Gasteiger charge is 2.23. The molecular formula is C23H21NO6. The maximum atomic E-state index is 12.2. The number of amides is 2. The predicted molar refractivity (Wildman–Crippen MR) is 110 cm³/mol. The van der Waals surface area contributed by atoms with Gasteiger partial charge in [0, 0.05) is 26.3 Å². The first-order chi connectivity index (χ1) is 14.2. The average Bonchev–Trinajstić information content (AvgIpc) is 2.70. The van der Waals surface area contributed by atoms with Gasteiger partial charge in [-0.3, -0.25) is 14.4 Å². The molecule has 0 saturated heterocycles. The minimum absolute atomic E-state index is 0.108. The Balaban J connectivity index is 2.57. The third kappa shape index (κ3) is 5.55. The average molecular weight is 407 g/mol. The lowest BCUT2D eigenvalue weighted by molar-refractivity contribution is -0.142. The third-order valence-corrected chi connectivity index (χ3v) is 4.02.